The molecule has 0 heterocycles. The van der Waals surface area contributed by atoms with Gasteiger partial charge in [0.15, 0.2) is 0 Å². The van der Waals surface area contributed by atoms with Crippen LogP contribution in [0, 0.1) is 0 Å². The van der Waals surface area contributed by atoms with E-state index in [4.69, 9.17) is 4.74 Å². The zero-order valence-electron chi connectivity index (χ0n) is 7.45. The van der Waals surface area contributed by atoms with Gasteiger partial charge in [-0.05, 0) is 31.5 Å². The fourth-order valence-electron chi connectivity index (χ4n) is 1.03. The molecule has 0 unspecified atom stereocenters. The highest BCUT2D eigenvalue weighted by Crippen LogP contribution is 2.18. The van der Waals surface area contributed by atoms with Crippen LogP contribution >= 0.6 is 0 Å². The maximum absolute atomic E-state index is 9.26. The molecule has 0 saturated heterocycles. The van der Waals surface area contributed by atoms with Crippen molar-refractivity contribution in [3.05, 3.63) is 29.8 Å². The normalized spacial score (nSPS) is 12.6. The van der Waals surface area contributed by atoms with Crippen molar-refractivity contribution in [2.24, 2.45) is 0 Å². The highest BCUT2D eigenvalue weighted by Gasteiger charge is 2.00. The number of aliphatic hydroxyl groups is 1. The SMILES string of the molecule is CCOc1cccc([C@@H](C)O)c1. The van der Waals surface area contributed by atoms with Crippen LogP contribution in [-0.2, 0) is 0 Å². The molecule has 1 aromatic rings. The second-order valence-electron chi connectivity index (χ2n) is 2.68. The fraction of sp³-hybridized carbons (Fsp3) is 0.400. The van der Waals surface area contributed by atoms with Crippen molar-refractivity contribution in [3.63, 3.8) is 0 Å². The molecule has 0 aliphatic rings. The van der Waals surface area contributed by atoms with Crippen LogP contribution in [0.4, 0.5) is 0 Å². The second-order valence-corrected chi connectivity index (χ2v) is 2.68. The Hall–Kier alpha value is -1.02. The van der Waals surface area contributed by atoms with Gasteiger partial charge in [-0.25, -0.2) is 0 Å². The third kappa shape index (κ3) is 2.24. The molecule has 1 rings (SSSR count). The van der Waals surface area contributed by atoms with Crippen LogP contribution in [0.15, 0.2) is 24.3 Å². The van der Waals surface area contributed by atoms with Crippen LogP contribution in [0.3, 0.4) is 0 Å². The number of rotatable bonds is 3. The Balaban J connectivity index is 2.81. The molecule has 0 spiro atoms. The maximum Gasteiger partial charge on any atom is 0.119 e. The van der Waals surface area contributed by atoms with Crippen LogP contribution < -0.4 is 4.74 Å². The van der Waals surface area contributed by atoms with Crippen molar-refractivity contribution in [1.29, 1.82) is 0 Å². The Labute approximate surface area is 72.8 Å². The van der Waals surface area contributed by atoms with Crippen molar-refractivity contribution in [2.45, 2.75) is 20.0 Å². The summed E-state index contributed by atoms with van der Waals surface area (Å²) in [4.78, 5) is 0. The summed E-state index contributed by atoms with van der Waals surface area (Å²) in [6, 6.07) is 7.50. The topological polar surface area (TPSA) is 29.5 Å². The number of aliphatic hydroxyl groups excluding tert-OH is 1. The average molecular weight is 166 g/mol. The summed E-state index contributed by atoms with van der Waals surface area (Å²) in [5.74, 6) is 0.816. The van der Waals surface area contributed by atoms with Crippen LogP contribution in [0.2, 0.25) is 0 Å². The molecule has 1 aromatic carbocycles. The molecule has 0 radical (unpaired) electrons. The van der Waals surface area contributed by atoms with Crippen molar-refractivity contribution < 1.29 is 9.84 Å². The third-order valence-electron chi connectivity index (χ3n) is 1.65. The molecule has 0 saturated carbocycles. The first-order valence-electron chi connectivity index (χ1n) is 4.15. The van der Waals surface area contributed by atoms with Gasteiger partial charge in [0.2, 0.25) is 0 Å². The zero-order chi connectivity index (χ0) is 8.97. The monoisotopic (exact) mass is 166 g/mol. The van der Waals surface area contributed by atoms with E-state index in [1.54, 1.807) is 6.92 Å². The smallest absolute Gasteiger partial charge is 0.119 e. The van der Waals surface area contributed by atoms with Crippen LogP contribution in [0.25, 0.3) is 0 Å². The van der Waals surface area contributed by atoms with E-state index < -0.39 is 6.10 Å². The minimum atomic E-state index is -0.426. The van der Waals surface area contributed by atoms with Gasteiger partial charge >= 0.3 is 0 Å². The summed E-state index contributed by atoms with van der Waals surface area (Å²) < 4.78 is 5.29. The molecule has 0 aliphatic carbocycles. The minimum Gasteiger partial charge on any atom is -0.494 e. The van der Waals surface area contributed by atoms with Gasteiger partial charge in [-0.2, -0.15) is 0 Å². The number of hydrogen-bond acceptors (Lipinski definition) is 2. The number of hydrogen-bond donors (Lipinski definition) is 1. The van der Waals surface area contributed by atoms with E-state index in [9.17, 15) is 5.11 Å². The van der Waals surface area contributed by atoms with Gasteiger partial charge in [0, 0.05) is 0 Å². The average Bonchev–Trinajstić information content (AvgIpc) is 2.05. The van der Waals surface area contributed by atoms with Gasteiger partial charge in [0.25, 0.3) is 0 Å². The Morgan fingerprint density at radius 3 is 2.83 bits per heavy atom. The molecule has 0 fully saturated rings. The minimum absolute atomic E-state index is 0.426. The van der Waals surface area contributed by atoms with Gasteiger partial charge in [-0.3, -0.25) is 0 Å². The Morgan fingerprint density at radius 2 is 2.25 bits per heavy atom. The summed E-state index contributed by atoms with van der Waals surface area (Å²) in [5, 5.41) is 9.26. The number of benzene rings is 1. The summed E-state index contributed by atoms with van der Waals surface area (Å²) in [6.07, 6.45) is -0.426. The first kappa shape index (κ1) is 9.07. The van der Waals surface area contributed by atoms with Gasteiger partial charge in [0.05, 0.1) is 12.7 Å². The van der Waals surface area contributed by atoms with Crippen LogP contribution in [0.5, 0.6) is 5.75 Å². The number of ether oxygens (including phenoxy) is 1. The lowest BCUT2D eigenvalue weighted by atomic mass is 10.1. The highest BCUT2D eigenvalue weighted by molar-refractivity contribution is 5.29. The van der Waals surface area contributed by atoms with E-state index in [1.165, 1.54) is 0 Å². The van der Waals surface area contributed by atoms with E-state index in [2.05, 4.69) is 0 Å². The Kier molecular flexibility index (Phi) is 3.11. The fourth-order valence-corrected chi connectivity index (χ4v) is 1.03. The molecule has 2 heteroatoms. The van der Waals surface area contributed by atoms with E-state index in [-0.39, 0.29) is 0 Å². The van der Waals surface area contributed by atoms with E-state index in [1.807, 2.05) is 31.2 Å². The predicted molar refractivity (Wildman–Crippen MR) is 48.2 cm³/mol. The highest BCUT2D eigenvalue weighted by atomic mass is 16.5. The molecule has 1 atom stereocenters. The van der Waals surface area contributed by atoms with E-state index in [0.29, 0.717) is 6.61 Å². The van der Waals surface area contributed by atoms with E-state index in [0.717, 1.165) is 11.3 Å². The molecule has 0 aliphatic heterocycles. The molecule has 0 aromatic heterocycles. The summed E-state index contributed by atoms with van der Waals surface area (Å²) in [6.45, 7) is 4.34. The van der Waals surface area contributed by atoms with Gasteiger partial charge in [-0.1, -0.05) is 12.1 Å². The van der Waals surface area contributed by atoms with Gasteiger partial charge < -0.3 is 9.84 Å². The van der Waals surface area contributed by atoms with Crippen LogP contribution in [-0.4, -0.2) is 11.7 Å². The largest absolute Gasteiger partial charge is 0.494 e. The first-order valence-corrected chi connectivity index (χ1v) is 4.15. The molecule has 1 N–H and O–H groups in total. The maximum atomic E-state index is 9.26. The van der Waals surface area contributed by atoms with Crippen LogP contribution in [0.1, 0.15) is 25.5 Å². The van der Waals surface area contributed by atoms with Crippen molar-refractivity contribution in [1.82, 2.24) is 0 Å². The molecule has 12 heavy (non-hydrogen) atoms. The molecule has 0 amide bonds. The Bertz CT molecular complexity index is 243. The molecule has 66 valence electrons. The molecular formula is C10H14O2. The molecule has 0 bridgehead atoms. The van der Waals surface area contributed by atoms with Gasteiger partial charge in [0.1, 0.15) is 5.75 Å². The predicted octanol–water partition coefficient (Wildman–Crippen LogP) is 2.14. The first-order chi connectivity index (χ1) is 5.74. The molecule has 2 nitrogen and oxygen atoms in total. The standard InChI is InChI=1S/C10H14O2/c1-3-12-10-6-4-5-9(7-10)8(2)11/h4-8,11H,3H2,1-2H3/t8-/m1/s1. The van der Waals surface area contributed by atoms with E-state index >= 15 is 0 Å². The third-order valence-corrected chi connectivity index (χ3v) is 1.65. The lowest BCUT2D eigenvalue weighted by Crippen LogP contribution is -1.94. The lowest BCUT2D eigenvalue weighted by molar-refractivity contribution is 0.198. The summed E-state index contributed by atoms with van der Waals surface area (Å²) >= 11 is 0. The summed E-state index contributed by atoms with van der Waals surface area (Å²) in [5.41, 5.74) is 0.890. The second kappa shape index (κ2) is 4.12. The van der Waals surface area contributed by atoms with Crippen molar-refractivity contribution >= 4 is 0 Å². The lowest BCUT2D eigenvalue weighted by Gasteiger charge is -2.07. The van der Waals surface area contributed by atoms with Crippen molar-refractivity contribution in [2.75, 3.05) is 6.61 Å². The van der Waals surface area contributed by atoms with Gasteiger partial charge in [-0.15, -0.1) is 0 Å². The Morgan fingerprint density at radius 1 is 1.50 bits per heavy atom. The van der Waals surface area contributed by atoms with Crippen molar-refractivity contribution in [3.8, 4) is 5.75 Å². The summed E-state index contributed by atoms with van der Waals surface area (Å²) in [7, 11) is 0. The quantitative estimate of drug-likeness (QED) is 0.745. The zero-order valence-corrected chi connectivity index (χ0v) is 7.45. The molecular weight excluding hydrogens is 152 g/mol.